The average Bonchev–Trinajstić information content (AvgIpc) is 2.80. The van der Waals surface area contributed by atoms with Gasteiger partial charge in [0.25, 0.3) is 0 Å². The van der Waals surface area contributed by atoms with E-state index in [0.29, 0.717) is 12.2 Å². The normalized spacial score (nSPS) is 27.0. The Hall–Kier alpha value is -1.55. The number of hydrogen-bond acceptors (Lipinski definition) is 4. The van der Waals surface area contributed by atoms with Crippen LogP contribution in [-0.4, -0.2) is 49.7 Å². The first-order valence-corrected chi connectivity index (χ1v) is 12.0. The second kappa shape index (κ2) is 9.97. The number of carbonyl (C=O) groups excluding carboxylic acids is 1. The van der Waals surface area contributed by atoms with Crippen LogP contribution in [0.5, 0.6) is 0 Å². The molecule has 1 aromatic rings. The van der Waals surface area contributed by atoms with E-state index in [-0.39, 0.29) is 5.97 Å². The molecule has 0 amide bonds. The van der Waals surface area contributed by atoms with Crippen LogP contribution < -0.4 is 4.90 Å². The monoisotopic (exact) mass is 398 g/mol. The van der Waals surface area contributed by atoms with E-state index in [1.165, 1.54) is 76.6 Å². The zero-order chi connectivity index (χ0) is 20.1. The molecule has 2 aliphatic carbocycles. The van der Waals surface area contributed by atoms with E-state index in [9.17, 15) is 4.79 Å². The lowest BCUT2D eigenvalue weighted by molar-refractivity contribution is 0.0526. The van der Waals surface area contributed by atoms with E-state index in [1.54, 1.807) is 0 Å². The number of nitrogens with zero attached hydrogens (tertiary/aromatic N) is 2. The maximum atomic E-state index is 11.8. The molecular formula is C25H38N2O2. The number of anilines is 1. The molecule has 0 aromatic heterocycles. The first kappa shape index (κ1) is 20.7. The number of benzene rings is 1. The molecule has 0 atom stereocenters. The highest BCUT2D eigenvalue weighted by Crippen LogP contribution is 2.39. The topological polar surface area (TPSA) is 32.8 Å². The number of hydrogen-bond donors (Lipinski definition) is 0. The SMILES string of the molecule is CCOC(=O)c1ccc(N2CCN([C@H]3CC[C@H](C4CCCCC4)CC3)CC2)cc1. The molecule has 160 valence electrons. The molecule has 4 nitrogen and oxygen atoms in total. The van der Waals surface area contributed by atoms with Crippen LogP contribution in [0, 0.1) is 11.8 Å². The molecule has 1 saturated heterocycles. The highest BCUT2D eigenvalue weighted by atomic mass is 16.5. The van der Waals surface area contributed by atoms with Crippen molar-refractivity contribution >= 4 is 11.7 Å². The van der Waals surface area contributed by atoms with Gasteiger partial charge in [-0.1, -0.05) is 32.1 Å². The van der Waals surface area contributed by atoms with Crippen molar-refractivity contribution in [3.63, 3.8) is 0 Å². The molecule has 0 unspecified atom stereocenters. The second-order valence-corrected chi connectivity index (χ2v) is 9.26. The van der Waals surface area contributed by atoms with E-state index in [2.05, 4.69) is 21.9 Å². The summed E-state index contributed by atoms with van der Waals surface area (Å²) in [5.41, 5.74) is 1.86. The van der Waals surface area contributed by atoms with Gasteiger partial charge < -0.3 is 9.64 Å². The molecule has 0 N–H and O–H groups in total. The fourth-order valence-electron chi connectivity index (χ4n) is 5.91. The average molecular weight is 399 g/mol. The standard InChI is InChI=1S/C25H38N2O2/c1-2-29-25(28)22-10-14-24(15-11-22)27-18-16-26(17-19-27)23-12-8-21(9-13-23)20-6-4-3-5-7-20/h10-11,14-15,20-21,23H,2-9,12-13,16-19H2,1H3/t21-,23-. The quantitative estimate of drug-likeness (QED) is 0.644. The fourth-order valence-corrected chi connectivity index (χ4v) is 5.91. The van der Waals surface area contributed by atoms with Crippen molar-refractivity contribution in [2.24, 2.45) is 11.8 Å². The number of carbonyl (C=O) groups is 1. The smallest absolute Gasteiger partial charge is 0.338 e. The molecule has 3 fully saturated rings. The van der Waals surface area contributed by atoms with Crippen molar-refractivity contribution in [2.45, 2.75) is 70.8 Å². The lowest BCUT2D eigenvalue weighted by Gasteiger charge is -2.44. The molecule has 1 aromatic carbocycles. The minimum atomic E-state index is -0.229. The summed E-state index contributed by atoms with van der Waals surface area (Å²) in [6.45, 7) is 6.76. The maximum absolute atomic E-state index is 11.8. The molecule has 1 heterocycles. The van der Waals surface area contributed by atoms with Gasteiger partial charge in [-0.15, -0.1) is 0 Å². The molecule has 1 aliphatic heterocycles. The Kier molecular flexibility index (Phi) is 7.12. The molecule has 0 bridgehead atoms. The van der Waals surface area contributed by atoms with Crippen molar-refractivity contribution in [3.05, 3.63) is 29.8 Å². The van der Waals surface area contributed by atoms with Crippen LogP contribution >= 0.6 is 0 Å². The lowest BCUT2D eigenvalue weighted by Crippen LogP contribution is -2.51. The summed E-state index contributed by atoms with van der Waals surface area (Å²) >= 11 is 0. The first-order valence-electron chi connectivity index (χ1n) is 12.0. The molecular weight excluding hydrogens is 360 g/mol. The Balaban J connectivity index is 1.23. The maximum Gasteiger partial charge on any atom is 0.338 e. The van der Waals surface area contributed by atoms with Crippen LogP contribution in [0.1, 0.15) is 75.1 Å². The van der Waals surface area contributed by atoms with Gasteiger partial charge in [0.05, 0.1) is 12.2 Å². The summed E-state index contributed by atoms with van der Waals surface area (Å²) in [7, 11) is 0. The van der Waals surface area contributed by atoms with Crippen LogP contribution in [0.4, 0.5) is 5.69 Å². The van der Waals surface area contributed by atoms with Crippen molar-refractivity contribution in [2.75, 3.05) is 37.7 Å². The fraction of sp³-hybridized carbons (Fsp3) is 0.720. The van der Waals surface area contributed by atoms with E-state index in [0.717, 1.165) is 31.0 Å². The van der Waals surface area contributed by atoms with Gasteiger partial charge in [-0.05, 0) is 68.7 Å². The molecule has 4 heteroatoms. The largest absolute Gasteiger partial charge is 0.462 e. The summed E-state index contributed by atoms with van der Waals surface area (Å²) in [6, 6.07) is 8.73. The van der Waals surface area contributed by atoms with E-state index in [4.69, 9.17) is 4.74 Å². The third kappa shape index (κ3) is 5.14. The molecule has 2 saturated carbocycles. The van der Waals surface area contributed by atoms with Crippen molar-refractivity contribution in [1.82, 2.24) is 4.90 Å². The zero-order valence-corrected chi connectivity index (χ0v) is 18.2. The number of esters is 1. The third-order valence-electron chi connectivity index (χ3n) is 7.63. The second-order valence-electron chi connectivity index (χ2n) is 9.26. The van der Waals surface area contributed by atoms with Crippen molar-refractivity contribution < 1.29 is 9.53 Å². The van der Waals surface area contributed by atoms with Gasteiger partial charge in [-0.2, -0.15) is 0 Å². The van der Waals surface area contributed by atoms with Crippen LogP contribution in [-0.2, 0) is 4.74 Å². The Bertz CT molecular complexity index is 637. The lowest BCUT2D eigenvalue weighted by atomic mass is 9.72. The van der Waals surface area contributed by atoms with Gasteiger partial charge in [-0.25, -0.2) is 4.79 Å². The highest BCUT2D eigenvalue weighted by molar-refractivity contribution is 5.89. The van der Waals surface area contributed by atoms with Gasteiger partial charge >= 0.3 is 5.97 Å². The van der Waals surface area contributed by atoms with Gasteiger partial charge in [0.2, 0.25) is 0 Å². The van der Waals surface area contributed by atoms with E-state index >= 15 is 0 Å². The van der Waals surface area contributed by atoms with E-state index in [1.807, 2.05) is 19.1 Å². The van der Waals surface area contributed by atoms with Crippen molar-refractivity contribution in [1.29, 1.82) is 0 Å². The molecule has 4 rings (SSSR count). The van der Waals surface area contributed by atoms with Crippen LogP contribution in [0.3, 0.4) is 0 Å². The minimum Gasteiger partial charge on any atom is -0.462 e. The van der Waals surface area contributed by atoms with Gasteiger partial charge in [0, 0.05) is 37.9 Å². The molecule has 0 spiro atoms. The van der Waals surface area contributed by atoms with Crippen LogP contribution in [0.15, 0.2) is 24.3 Å². The van der Waals surface area contributed by atoms with Gasteiger partial charge in [-0.3, -0.25) is 4.90 Å². The first-order chi connectivity index (χ1) is 14.2. The Morgan fingerprint density at radius 3 is 2.10 bits per heavy atom. The predicted octanol–water partition coefficient (Wildman–Crippen LogP) is 5.12. The van der Waals surface area contributed by atoms with Gasteiger partial charge in [0.1, 0.15) is 0 Å². The number of rotatable bonds is 5. The van der Waals surface area contributed by atoms with E-state index < -0.39 is 0 Å². The molecule has 29 heavy (non-hydrogen) atoms. The predicted molar refractivity (Wildman–Crippen MR) is 119 cm³/mol. The Morgan fingerprint density at radius 1 is 0.862 bits per heavy atom. The Labute approximate surface area is 176 Å². The molecule has 0 radical (unpaired) electrons. The minimum absolute atomic E-state index is 0.229. The summed E-state index contributed by atoms with van der Waals surface area (Å²) < 4.78 is 5.08. The molecule has 3 aliphatic rings. The third-order valence-corrected chi connectivity index (χ3v) is 7.63. The van der Waals surface area contributed by atoms with Gasteiger partial charge in [0.15, 0.2) is 0 Å². The van der Waals surface area contributed by atoms with Crippen LogP contribution in [0.25, 0.3) is 0 Å². The Morgan fingerprint density at radius 2 is 1.48 bits per heavy atom. The summed E-state index contributed by atoms with van der Waals surface area (Å²) in [4.78, 5) is 17.0. The zero-order valence-electron chi connectivity index (χ0n) is 18.2. The summed E-state index contributed by atoms with van der Waals surface area (Å²) in [6.07, 6.45) is 13.2. The number of ether oxygens (including phenoxy) is 1. The number of piperazine rings is 1. The van der Waals surface area contributed by atoms with Crippen molar-refractivity contribution in [3.8, 4) is 0 Å². The van der Waals surface area contributed by atoms with Crippen LogP contribution in [0.2, 0.25) is 0 Å². The highest BCUT2D eigenvalue weighted by Gasteiger charge is 2.32. The summed E-state index contributed by atoms with van der Waals surface area (Å²) in [5, 5.41) is 0. The summed E-state index contributed by atoms with van der Waals surface area (Å²) in [5.74, 6) is 1.83.